The first-order valence-corrected chi connectivity index (χ1v) is 12.1. The van der Waals surface area contributed by atoms with E-state index in [9.17, 15) is 8.42 Å². The summed E-state index contributed by atoms with van der Waals surface area (Å²) >= 11 is 0. The van der Waals surface area contributed by atoms with E-state index in [-0.39, 0.29) is 11.4 Å². The number of fused-ring (bicyclic) bond motifs is 1. The largest absolute Gasteiger partial charge is 0.504 e. The molecule has 0 aliphatic carbocycles. The number of rotatable bonds is 9. The molecule has 3 aromatic heterocycles. The number of benzene rings is 1. The van der Waals surface area contributed by atoms with Crippen LogP contribution in [0.15, 0.2) is 96.9 Å². The Bertz CT molecular complexity index is 1520. The Morgan fingerprint density at radius 3 is 2.60 bits per heavy atom. The zero-order chi connectivity index (χ0) is 24.8. The highest BCUT2D eigenvalue weighted by atomic mass is 32.2. The lowest BCUT2D eigenvalue weighted by Gasteiger charge is -2.11. The quantitative estimate of drug-likeness (QED) is 0.272. The first kappa shape index (κ1) is 23.9. The number of anilines is 1. The normalized spacial score (nSPS) is 12.3. The van der Waals surface area contributed by atoms with Crippen LogP contribution in [0.25, 0.3) is 28.2 Å². The first-order valence-electron chi connectivity index (χ1n) is 10.6. The minimum Gasteiger partial charge on any atom is -0.504 e. The third-order valence-corrected chi connectivity index (χ3v) is 6.59. The van der Waals surface area contributed by atoms with E-state index in [0.717, 1.165) is 11.3 Å². The van der Waals surface area contributed by atoms with Gasteiger partial charge in [0.25, 0.3) is 0 Å². The molecule has 0 fully saturated rings. The van der Waals surface area contributed by atoms with Crippen LogP contribution in [0.4, 0.5) is 5.82 Å². The van der Waals surface area contributed by atoms with Crippen molar-refractivity contribution in [3.05, 3.63) is 102 Å². The van der Waals surface area contributed by atoms with Crippen LogP contribution >= 0.6 is 0 Å². The lowest BCUT2D eigenvalue weighted by Crippen LogP contribution is -2.24. The van der Waals surface area contributed by atoms with E-state index in [4.69, 9.17) is 15.5 Å². The summed E-state index contributed by atoms with van der Waals surface area (Å²) in [6.07, 6.45) is 8.87. The van der Waals surface area contributed by atoms with Crippen molar-refractivity contribution >= 4 is 27.0 Å². The minimum absolute atomic E-state index is 0.0390. The van der Waals surface area contributed by atoms with Crippen molar-refractivity contribution in [2.24, 2.45) is 0 Å². The van der Waals surface area contributed by atoms with Gasteiger partial charge in [-0.2, -0.15) is 0 Å². The lowest BCUT2D eigenvalue weighted by molar-refractivity contribution is 0.338. The Kier molecular flexibility index (Phi) is 7.04. The number of sulfonamides is 1. The number of nitrogens with zero attached hydrogens (tertiary/aromatic N) is 4. The number of allylic oxidation sites excluding steroid dienone is 3. The van der Waals surface area contributed by atoms with Gasteiger partial charge >= 0.3 is 0 Å². The average Bonchev–Trinajstić information content (AvgIpc) is 3.25. The zero-order valence-corrected chi connectivity index (χ0v) is 19.8. The van der Waals surface area contributed by atoms with E-state index in [1.165, 1.54) is 31.6 Å². The van der Waals surface area contributed by atoms with Crippen LogP contribution in [-0.2, 0) is 21.3 Å². The standard InChI is InChI=1S/C25H24N6O3S/c1-3-20(7-6-16-34-2)35(32,33)29-17-18-10-12-19(13-11-18)31-24(21-8-4-14-27-23(21)26)30-22-9-5-15-28-25(22)31/h3-16,29H,1,17H2,2H3,(H2,26,27). The number of ether oxygens (including phenoxy) is 1. The monoisotopic (exact) mass is 488 g/mol. The molecule has 0 unspecified atom stereocenters. The maximum absolute atomic E-state index is 12.6. The summed E-state index contributed by atoms with van der Waals surface area (Å²) in [7, 11) is -2.26. The molecule has 0 amide bonds. The molecular weight excluding hydrogens is 464 g/mol. The van der Waals surface area contributed by atoms with Gasteiger partial charge in [-0.1, -0.05) is 18.7 Å². The van der Waals surface area contributed by atoms with Gasteiger partial charge in [-0.15, -0.1) is 0 Å². The molecule has 1 aromatic carbocycles. The van der Waals surface area contributed by atoms with Crippen LogP contribution in [0, 0.1) is 0 Å². The minimum atomic E-state index is -3.74. The molecule has 3 N–H and O–H groups in total. The smallest absolute Gasteiger partial charge is 0.240 e. The Hall–Kier alpha value is -4.28. The maximum Gasteiger partial charge on any atom is 0.240 e. The summed E-state index contributed by atoms with van der Waals surface area (Å²) in [5, 5.41) is 0. The third-order valence-electron chi connectivity index (χ3n) is 5.14. The van der Waals surface area contributed by atoms with Crippen molar-refractivity contribution in [2.75, 3.05) is 12.8 Å². The van der Waals surface area contributed by atoms with E-state index in [1.54, 1.807) is 18.5 Å². The molecule has 10 heteroatoms. The number of nitrogens with one attached hydrogen (secondary N) is 1. The summed E-state index contributed by atoms with van der Waals surface area (Å²) in [6, 6.07) is 14.8. The highest BCUT2D eigenvalue weighted by molar-refractivity contribution is 7.93. The van der Waals surface area contributed by atoms with Gasteiger partial charge in [-0.3, -0.25) is 4.57 Å². The molecule has 9 nitrogen and oxygen atoms in total. The van der Waals surface area contributed by atoms with Crippen LogP contribution < -0.4 is 10.5 Å². The molecule has 0 radical (unpaired) electrons. The van der Waals surface area contributed by atoms with Gasteiger partial charge in [0.2, 0.25) is 10.0 Å². The van der Waals surface area contributed by atoms with Crippen LogP contribution in [0.3, 0.4) is 0 Å². The number of hydrogen-bond acceptors (Lipinski definition) is 7. The second-order valence-electron chi connectivity index (χ2n) is 7.38. The highest BCUT2D eigenvalue weighted by Crippen LogP contribution is 2.30. The summed E-state index contributed by atoms with van der Waals surface area (Å²) in [5.74, 6) is 0.976. The molecule has 4 aromatic rings. The molecule has 0 saturated carbocycles. The van der Waals surface area contributed by atoms with Crippen LogP contribution in [-0.4, -0.2) is 35.0 Å². The fraction of sp³-hybridized carbons (Fsp3) is 0.0800. The van der Waals surface area contributed by atoms with E-state index >= 15 is 0 Å². The molecule has 35 heavy (non-hydrogen) atoms. The Labute approximate surface area is 203 Å². The van der Waals surface area contributed by atoms with Crippen molar-refractivity contribution in [1.29, 1.82) is 0 Å². The predicted octanol–water partition coefficient (Wildman–Crippen LogP) is 3.71. The van der Waals surface area contributed by atoms with Gasteiger partial charge in [0.1, 0.15) is 11.3 Å². The molecule has 178 valence electrons. The molecule has 0 saturated heterocycles. The third kappa shape index (κ3) is 5.13. The summed E-state index contributed by atoms with van der Waals surface area (Å²) < 4.78 is 34.5. The number of imidazole rings is 1. The van der Waals surface area contributed by atoms with Crippen molar-refractivity contribution in [3.63, 3.8) is 0 Å². The molecule has 0 aliphatic heterocycles. The predicted molar refractivity (Wildman–Crippen MR) is 137 cm³/mol. The van der Waals surface area contributed by atoms with Crippen LogP contribution in [0.2, 0.25) is 0 Å². The highest BCUT2D eigenvalue weighted by Gasteiger charge is 2.18. The van der Waals surface area contributed by atoms with E-state index < -0.39 is 10.0 Å². The number of nitrogens with two attached hydrogens (primary N) is 1. The van der Waals surface area contributed by atoms with Crippen LogP contribution in [0.5, 0.6) is 0 Å². The van der Waals surface area contributed by atoms with Crippen molar-refractivity contribution < 1.29 is 13.2 Å². The van der Waals surface area contributed by atoms with Gasteiger partial charge in [0.15, 0.2) is 11.5 Å². The van der Waals surface area contributed by atoms with Gasteiger partial charge in [-0.05, 0) is 60.2 Å². The summed E-state index contributed by atoms with van der Waals surface area (Å²) in [4.78, 5) is 13.5. The molecule has 0 spiro atoms. The fourth-order valence-corrected chi connectivity index (χ4v) is 4.45. The Morgan fingerprint density at radius 2 is 1.89 bits per heavy atom. The van der Waals surface area contributed by atoms with E-state index in [0.29, 0.717) is 28.4 Å². The molecule has 4 rings (SSSR count). The van der Waals surface area contributed by atoms with Gasteiger partial charge in [-0.25, -0.2) is 28.1 Å². The lowest BCUT2D eigenvalue weighted by atomic mass is 10.2. The zero-order valence-electron chi connectivity index (χ0n) is 19.0. The summed E-state index contributed by atoms with van der Waals surface area (Å²) in [5.41, 5.74) is 9.77. The molecule has 0 bridgehead atoms. The average molecular weight is 489 g/mol. The number of pyridine rings is 2. The van der Waals surface area contributed by atoms with Crippen molar-refractivity contribution in [2.45, 2.75) is 6.54 Å². The second kappa shape index (κ2) is 10.3. The van der Waals surface area contributed by atoms with E-state index in [1.807, 2.05) is 47.0 Å². The topological polar surface area (TPSA) is 125 Å². The maximum atomic E-state index is 12.6. The summed E-state index contributed by atoms with van der Waals surface area (Å²) in [6.45, 7) is 3.68. The van der Waals surface area contributed by atoms with Gasteiger partial charge in [0.05, 0.1) is 23.8 Å². The molecule has 0 aliphatic rings. The molecular formula is C25H24N6O3S. The number of hydrogen-bond donors (Lipinski definition) is 2. The van der Waals surface area contributed by atoms with Crippen molar-refractivity contribution in [3.8, 4) is 17.1 Å². The molecule has 0 atom stereocenters. The molecule has 3 heterocycles. The fourth-order valence-electron chi connectivity index (χ4n) is 3.45. The van der Waals surface area contributed by atoms with Crippen LogP contribution in [0.1, 0.15) is 5.56 Å². The SMILES string of the molecule is C=CC(=CC=COC)S(=O)(=O)NCc1ccc(-n2c(-c3cccnc3N)nc3cccnc32)cc1. The number of methoxy groups -OCH3 is 1. The second-order valence-corrected chi connectivity index (χ2v) is 9.15. The van der Waals surface area contributed by atoms with E-state index in [2.05, 4.69) is 21.3 Å². The van der Waals surface area contributed by atoms with Gasteiger partial charge in [0, 0.05) is 24.6 Å². The number of aromatic nitrogens is 4. The van der Waals surface area contributed by atoms with Crippen molar-refractivity contribution in [1.82, 2.24) is 24.2 Å². The van der Waals surface area contributed by atoms with Gasteiger partial charge < -0.3 is 10.5 Å². The first-order chi connectivity index (χ1) is 16.9. The Morgan fingerprint density at radius 1 is 1.14 bits per heavy atom. The Balaban J connectivity index is 1.64. The number of nitrogen functional groups attached to an aromatic ring is 1.